The van der Waals surface area contributed by atoms with Crippen molar-refractivity contribution in [2.75, 3.05) is 0 Å². The van der Waals surface area contributed by atoms with Gasteiger partial charge in [-0.2, -0.15) is 0 Å². The molecule has 130 valence electrons. The molecule has 0 unspecified atom stereocenters. The standard InChI is InChI=1S/C23H23N3/c1-14(2)22-20-12-17(18-6-5-9-24-13-18)7-8-21(20)26-23(22)19-10-15(3)25-16(4)11-19/h5-14,26H,1-4H3. The van der Waals surface area contributed by atoms with Crippen molar-refractivity contribution in [1.82, 2.24) is 15.0 Å². The molecular weight excluding hydrogens is 318 g/mol. The highest BCUT2D eigenvalue weighted by molar-refractivity contribution is 5.94. The lowest BCUT2D eigenvalue weighted by atomic mass is 9.94. The van der Waals surface area contributed by atoms with E-state index in [9.17, 15) is 0 Å². The Balaban J connectivity index is 1.96. The van der Waals surface area contributed by atoms with Gasteiger partial charge in [0, 0.05) is 45.8 Å². The van der Waals surface area contributed by atoms with Crippen LogP contribution in [0.3, 0.4) is 0 Å². The van der Waals surface area contributed by atoms with Crippen LogP contribution in [-0.4, -0.2) is 15.0 Å². The van der Waals surface area contributed by atoms with Gasteiger partial charge in [0.15, 0.2) is 0 Å². The summed E-state index contributed by atoms with van der Waals surface area (Å²) in [6.45, 7) is 8.61. The van der Waals surface area contributed by atoms with E-state index in [0.29, 0.717) is 5.92 Å². The van der Waals surface area contributed by atoms with Crippen LogP contribution in [0.5, 0.6) is 0 Å². The minimum Gasteiger partial charge on any atom is -0.354 e. The predicted octanol–water partition coefficient (Wildman–Crippen LogP) is 6.03. The first-order valence-corrected chi connectivity index (χ1v) is 9.04. The number of hydrogen-bond donors (Lipinski definition) is 1. The molecule has 0 saturated carbocycles. The maximum atomic E-state index is 4.52. The molecule has 0 saturated heterocycles. The van der Waals surface area contributed by atoms with E-state index in [-0.39, 0.29) is 0 Å². The number of benzene rings is 1. The minimum atomic E-state index is 0.414. The molecule has 0 bridgehead atoms. The second-order valence-corrected chi connectivity index (χ2v) is 7.21. The summed E-state index contributed by atoms with van der Waals surface area (Å²) in [5.41, 5.74) is 9.36. The number of hydrogen-bond acceptors (Lipinski definition) is 2. The van der Waals surface area contributed by atoms with Gasteiger partial charge < -0.3 is 4.98 Å². The van der Waals surface area contributed by atoms with Crippen LogP contribution < -0.4 is 0 Å². The van der Waals surface area contributed by atoms with Gasteiger partial charge in [-0.25, -0.2) is 0 Å². The van der Waals surface area contributed by atoms with Crippen LogP contribution in [0.1, 0.15) is 36.7 Å². The van der Waals surface area contributed by atoms with E-state index in [1.165, 1.54) is 33.3 Å². The summed E-state index contributed by atoms with van der Waals surface area (Å²) in [7, 11) is 0. The van der Waals surface area contributed by atoms with Crippen molar-refractivity contribution >= 4 is 10.9 Å². The van der Waals surface area contributed by atoms with Crippen LogP contribution >= 0.6 is 0 Å². The number of H-pyrrole nitrogens is 1. The normalized spacial score (nSPS) is 11.4. The molecule has 3 aromatic heterocycles. The van der Waals surface area contributed by atoms with Crippen molar-refractivity contribution < 1.29 is 0 Å². The maximum absolute atomic E-state index is 4.52. The summed E-state index contributed by atoms with van der Waals surface area (Å²) in [5, 5.41) is 1.28. The van der Waals surface area contributed by atoms with Crippen LogP contribution in [0.4, 0.5) is 0 Å². The van der Waals surface area contributed by atoms with Crippen molar-refractivity contribution in [3.8, 4) is 22.4 Å². The second-order valence-electron chi connectivity index (χ2n) is 7.21. The van der Waals surface area contributed by atoms with Crippen molar-refractivity contribution in [2.24, 2.45) is 0 Å². The first-order valence-electron chi connectivity index (χ1n) is 9.04. The van der Waals surface area contributed by atoms with Crippen LogP contribution in [0, 0.1) is 13.8 Å². The Labute approximate surface area is 154 Å². The van der Waals surface area contributed by atoms with E-state index in [4.69, 9.17) is 0 Å². The molecule has 4 aromatic rings. The lowest BCUT2D eigenvalue weighted by Gasteiger charge is -2.10. The quantitative estimate of drug-likeness (QED) is 0.494. The minimum absolute atomic E-state index is 0.414. The van der Waals surface area contributed by atoms with Gasteiger partial charge in [-0.3, -0.25) is 9.97 Å². The molecule has 0 aliphatic carbocycles. The molecule has 0 atom stereocenters. The summed E-state index contributed by atoms with van der Waals surface area (Å²) in [4.78, 5) is 12.4. The first kappa shape index (κ1) is 16.5. The molecular formula is C23H23N3. The van der Waals surface area contributed by atoms with Crippen LogP contribution in [0.15, 0.2) is 54.9 Å². The van der Waals surface area contributed by atoms with Crippen molar-refractivity contribution in [2.45, 2.75) is 33.6 Å². The summed E-state index contributed by atoms with van der Waals surface area (Å²) < 4.78 is 0. The van der Waals surface area contributed by atoms with Gasteiger partial charge in [0.05, 0.1) is 5.69 Å². The number of nitrogens with zero attached hydrogens (tertiary/aromatic N) is 2. The number of aromatic amines is 1. The number of aromatic nitrogens is 3. The number of fused-ring (bicyclic) bond motifs is 1. The number of nitrogens with one attached hydrogen (secondary N) is 1. The van der Waals surface area contributed by atoms with E-state index in [0.717, 1.165) is 17.0 Å². The van der Waals surface area contributed by atoms with Gasteiger partial charge in [0.2, 0.25) is 0 Å². The molecule has 4 rings (SSSR count). The summed E-state index contributed by atoms with van der Waals surface area (Å²) in [6.07, 6.45) is 3.73. The molecule has 1 aromatic carbocycles. The van der Waals surface area contributed by atoms with Gasteiger partial charge in [0.1, 0.15) is 0 Å². The highest BCUT2D eigenvalue weighted by atomic mass is 14.7. The Morgan fingerprint density at radius 3 is 2.31 bits per heavy atom. The van der Waals surface area contributed by atoms with Gasteiger partial charge in [0.25, 0.3) is 0 Å². The zero-order valence-corrected chi connectivity index (χ0v) is 15.7. The Kier molecular flexibility index (Phi) is 4.08. The molecule has 3 heterocycles. The Bertz CT molecular complexity index is 1060. The predicted molar refractivity (Wildman–Crippen MR) is 108 cm³/mol. The highest BCUT2D eigenvalue weighted by Gasteiger charge is 2.17. The molecule has 3 nitrogen and oxygen atoms in total. The SMILES string of the molecule is Cc1cc(-c2[nH]c3ccc(-c4cccnc4)cc3c2C(C)C)cc(C)n1. The largest absolute Gasteiger partial charge is 0.354 e. The van der Waals surface area contributed by atoms with Gasteiger partial charge in [-0.05, 0) is 61.2 Å². The van der Waals surface area contributed by atoms with Crippen LogP contribution in [-0.2, 0) is 0 Å². The van der Waals surface area contributed by atoms with Gasteiger partial charge >= 0.3 is 0 Å². The Hall–Kier alpha value is -2.94. The topological polar surface area (TPSA) is 41.6 Å². The Morgan fingerprint density at radius 2 is 1.65 bits per heavy atom. The van der Waals surface area contributed by atoms with Crippen LogP contribution in [0.2, 0.25) is 0 Å². The van der Waals surface area contributed by atoms with Gasteiger partial charge in [-0.1, -0.05) is 26.0 Å². The fourth-order valence-corrected chi connectivity index (χ4v) is 3.73. The van der Waals surface area contributed by atoms with E-state index >= 15 is 0 Å². The maximum Gasteiger partial charge on any atom is 0.0501 e. The van der Waals surface area contributed by atoms with Crippen LogP contribution in [0.25, 0.3) is 33.3 Å². The van der Waals surface area contributed by atoms with Crippen molar-refractivity contribution in [3.63, 3.8) is 0 Å². The van der Waals surface area contributed by atoms with E-state index in [1.54, 1.807) is 0 Å². The fourth-order valence-electron chi connectivity index (χ4n) is 3.73. The monoisotopic (exact) mass is 341 g/mol. The second kappa shape index (κ2) is 6.41. The smallest absolute Gasteiger partial charge is 0.0501 e. The van der Waals surface area contributed by atoms with E-state index in [1.807, 2.05) is 18.5 Å². The Morgan fingerprint density at radius 1 is 0.885 bits per heavy atom. The first-order chi connectivity index (χ1) is 12.5. The third-order valence-corrected chi connectivity index (χ3v) is 4.78. The summed E-state index contributed by atoms with van der Waals surface area (Å²) in [6, 6.07) is 15.0. The molecule has 0 aliphatic rings. The third-order valence-electron chi connectivity index (χ3n) is 4.78. The van der Waals surface area contributed by atoms with Crippen molar-refractivity contribution in [3.05, 3.63) is 71.8 Å². The zero-order chi connectivity index (χ0) is 18.3. The number of pyridine rings is 2. The number of rotatable bonds is 3. The average Bonchev–Trinajstić information content (AvgIpc) is 3.00. The van der Waals surface area contributed by atoms with E-state index < -0.39 is 0 Å². The molecule has 0 amide bonds. The molecule has 0 radical (unpaired) electrons. The average molecular weight is 341 g/mol. The molecule has 26 heavy (non-hydrogen) atoms. The summed E-state index contributed by atoms with van der Waals surface area (Å²) >= 11 is 0. The van der Waals surface area contributed by atoms with Crippen molar-refractivity contribution in [1.29, 1.82) is 0 Å². The molecule has 3 heteroatoms. The van der Waals surface area contributed by atoms with Gasteiger partial charge in [-0.15, -0.1) is 0 Å². The number of aryl methyl sites for hydroxylation is 2. The third kappa shape index (κ3) is 2.90. The highest BCUT2D eigenvalue weighted by Crippen LogP contribution is 2.37. The molecule has 0 spiro atoms. The van der Waals surface area contributed by atoms with E-state index in [2.05, 4.69) is 79.0 Å². The molecule has 1 N–H and O–H groups in total. The summed E-state index contributed by atoms with van der Waals surface area (Å²) in [5.74, 6) is 0.414. The lowest BCUT2D eigenvalue weighted by molar-refractivity contribution is 0.878. The fraction of sp³-hybridized carbons (Fsp3) is 0.217. The lowest BCUT2D eigenvalue weighted by Crippen LogP contribution is -1.93. The zero-order valence-electron chi connectivity index (χ0n) is 15.7. The molecule has 0 aliphatic heterocycles. The molecule has 0 fully saturated rings.